The van der Waals surface area contributed by atoms with Crippen molar-refractivity contribution in [2.45, 2.75) is 26.2 Å². The van der Waals surface area contributed by atoms with Crippen molar-refractivity contribution in [1.82, 2.24) is 5.32 Å². The predicted octanol–water partition coefficient (Wildman–Crippen LogP) is 3.54. The maximum atomic E-state index is 6.13. The molecule has 0 aliphatic heterocycles. The second-order valence-electron chi connectivity index (χ2n) is 5.14. The number of nitrogens with one attached hydrogen (secondary N) is 1. The first-order chi connectivity index (χ1) is 9.67. The number of aryl methyl sites for hydroxylation is 1. The molecule has 3 nitrogen and oxygen atoms in total. The highest BCUT2D eigenvalue weighted by Gasteiger charge is 2.05. The second-order valence-corrected chi connectivity index (χ2v) is 5.55. The quantitative estimate of drug-likeness (QED) is 0.670. The highest BCUT2D eigenvalue weighted by atomic mass is 35.5. The van der Waals surface area contributed by atoms with Gasteiger partial charge in [0.2, 0.25) is 0 Å². The van der Waals surface area contributed by atoms with Crippen LogP contribution in [0.3, 0.4) is 0 Å². The highest BCUT2D eigenvalue weighted by Crippen LogP contribution is 2.26. The molecule has 0 saturated heterocycles. The summed E-state index contributed by atoms with van der Waals surface area (Å²) in [6, 6.07) is 6.03. The van der Waals surface area contributed by atoms with Crippen molar-refractivity contribution < 1.29 is 9.47 Å². The smallest absolute Gasteiger partial charge is 0.137 e. The van der Waals surface area contributed by atoms with Crippen LogP contribution in [0.5, 0.6) is 5.75 Å². The molecule has 0 fully saturated rings. The van der Waals surface area contributed by atoms with Crippen LogP contribution in [0.2, 0.25) is 5.02 Å². The number of halogens is 1. The largest absolute Gasteiger partial charge is 0.495 e. The lowest BCUT2D eigenvalue weighted by Crippen LogP contribution is -2.21. The Morgan fingerprint density at radius 2 is 2.00 bits per heavy atom. The van der Waals surface area contributed by atoms with Gasteiger partial charge in [-0.15, -0.1) is 0 Å². The molecule has 114 valence electrons. The van der Waals surface area contributed by atoms with Gasteiger partial charge in [0.1, 0.15) is 5.75 Å². The molecule has 0 aliphatic rings. The summed E-state index contributed by atoms with van der Waals surface area (Å²) in [5, 5.41) is 4.07. The van der Waals surface area contributed by atoms with Crippen molar-refractivity contribution in [1.29, 1.82) is 0 Å². The summed E-state index contributed by atoms with van der Waals surface area (Å²) in [6.07, 6.45) is 3.42. The molecule has 1 aromatic rings. The van der Waals surface area contributed by atoms with Crippen LogP contribution in [0.4, 0.5) is 0 Å². The van der Waals surface area contributed by atoms with Gasteiger partial charge in [-0.25, -0.2) is 0 Å². The number of ether oxygens (including phenoxy) is 2. The summed E-state index contributed by atoms with van der Waals surface area (Å²) in [7, 11) is 3.36. The summed E-state index contributed by atoms with van der Waals surface area (Å²) in [5.74, 6) is 1.44. The summed E-state index contributed by atoms with van der Waals surface area (Å²) in [4.78, 5) is 0. The van der Waals surface area contributed by atoms with E-state index in [9.17, 15) is 0 Å². The van der Waals surface area contributed by atoms with Gasteiger partial charge in [0.15, 0.2) is 0 Å². The third kappa shape index (κ3) is 6.60. The lowest BCUT2D eigenvalue weighted by Gasteiger charge is -2.12. The molecule has 0 aromatic heterocycles. The van der Waals surface area contributed by atoms with Crippen LogP contribution in [0.15, 0.2) is 18.2 Å². The van der Waals surface area contributed by atoms with Gasteiger partial charge in [-0.3, -0.25) is 0 Å². The Labute approximate surface area is 127 Å². The zero-order valence-electron chi connectivity index (χ0n) is 12.7. The molecule has 0 heterocycles. The average molecular weight is 300 g/mol. The van der Waals surface area contributed by atoms with Crippen LogP contribution in [-0.2, 0) is 11.2 Å². The number of hydrogen-bond acceptors (Lipinski definition) is 3. The minimum Gasteiger partial charge on any atom is -0.495 e. The first-order valence-corrected chi connectivity index (χ1v) is 7.57. The molecule has 0 amide bonds. The lowest BCUT2D eigenvalue weighted by molar-refractivity contribution is 0.199. The van der Waals surface area contributed by atoms with Crippen molar-refractivity contribution in [3.8, 4) is 5.75 Å². The molecular formula is C16H26ClNO2. The van der Waals surface area contributed by atoms with Crippen LogP contribution < -0.4 is 10.1 Å². The van der Waals surface area contributed by atoms with Crippen molar-refractivity contribution in [3.05, 3.63) is 28.8 Å². The molecule has 1 aromatic carbocycles. The summed E-state index contributed by atoms with van der Waals surface area (Å²) < 4.78 is 10.2. The van der Waals surface area contributed by atoms with Crippen LogP contribution in [0.25, 0.3) is 0 Å². The monoisotopic (exact) mass is 299 g/mol. The zero-order chi connectivity index (χ0) is 14.8. The van der Waals surface area contributed by atoms with Crippen LogP contribution in [-0.4, -0.2) is 33.9 Å². The molecule has 1 N–H and O–H groups in total. The third-order valence-corrected chi connectivity index (χ3v) is 3.73. The van der Waals surface area contributed by atoms with Crippen molar-refractivity contribution in [2.75, 3.05) is 33.9 Å². The normalized spacial score (nSPS) is 12.4. The van der Waals surface area contributed by atoms with Crippen molar-refractivity contribution >= 4 is 11.6 Å². The van der Waals surface area contributed by atoms with E-state index in [0.29, 0.717) is 10.9 Å². The zero-order valence-corrected chi connectivity index (χ0v) is 13.5. The fourth-order valence-electron chi connectivity index (χ4n) is 2.07. The van der Waals surface area contributed by atoms with E-state index in [0.717, 1.165) is 31.9 Å². The fourth-order valence-corrected chi connectivity index (χ4v) is 2.35. The topological polar surface area (TPSA) is 30.5 Å². The first-order valence-electron chi connectivity index (χ1n) is 7.19. The molecule has 0 aliphatic carbocycles. The lowest BCUT2D eigenvalue weighted by atomic mass is 9.98. The minimum atomic E-state index is 0.693. The molecule has 1 rings (SSSR count). The summed E-state index contributed by atoms with van der Waals surface area (Å²) >= 11 is 6.13. The summed E-state index contributed by atoms with van der Waals surface area (Å²) in [6.45, 7) is 5.05. The Morgan fingerprint density at radius 3 is 2.65 bits per heavy atom. The fraction of sp³-hybridized carbons (Fsp3) is 0.625. The molecule has 20 heavy (non-hydrogen) atoms. The van der Waals surface area contributed by atoms with Crippen molar-refractivity contribution in [2.24, 2.45) is 5.92 Å². The Hall–Kier alpha value is -0.770. The van der Waals surface area contributed by atoms with E-state index in [1.165, 1.54) is 18.4 Å². The average Bonchev–Trinajstić information content (AvgIpc) is 2.45. The molecule has 0 saturated carbocycles. The van der Waals surface area contributed by atoms with Gasteiger partial charge in [0.05, 0.1) is 18.7 Å². The van der Waals surface area contributed by atoms with Gasteiger partial charge in [-0.2, -0.15) is 0 Å². The maximum absolute atomic E-state index is 6.13. The second kappa shape index (κ2) is 10.0. The van der Waals surface area contributed by atoms with E-state index in [2.05, 4.69) is 18.3 Å². The van der Waals surface area contributed by atoms with E-state index in [-0.39, 0.29) is 0 Å². The Balaban J connectivity index is 2.23. The van der Waals surface area contributed by atoms with Gasteiger partial charge in [-0.05, 0) is 49.4 Å². The first kappa shape index (κ1) is 17.3. The van der Waals surface area contributed by atoms with Gasteiger partial charge in [0, 0.05) is 13.7 Å². The maximum Gasteiger partial charge on any atom is 0.137 e. The number of benzene rings is 1. The molecule has 0 radical (unpaired) electrons. The predicted molar refractivity (Wildman–Crippen MR) is 84.9 cm³/mol. The SMILES string of the molecule is COCCNCCC(C)CCc1ccc(OC)c(Cl)c1. The molecule has 0 bridgehead atoms. The van der Waals surface area contributed by atoms with Crippen LogP contribution >= 0.6 is 11.6 Å². The van der Waals surface area contributed by atoms with Gasteiger partial charge in [-0.1, -0.05) is 24.6 Å². The Morgan fingerprint density at radius 1 is 1.20 bits per heavy atom. The third-order valence-electron chi connectivity index (χ3n) is 3.44. The molecule has 1 atom stereocenters. The van der Waals surface area contributed by atoms with Gasteiger partial charge < -0.3 is 14.8 Å². The van der Waals surface area contributed by atoms with Crippen LogP contribution in [0, 0.1) is 5.92 Å². The number of hydrogen-bond donors (Lipinski definition) is 1. The molecular weight excluding hydrogens is 274 g/mol. The summed E-state index contributed by atoms with van der Waals surface area (Å²) in [5.41, 5.74) is 1.27. The van der Waals surface area contributed by atoms with E-state index in [4.69, 9.17) is 21.1 Å². The number of rotatable bonds is 10. The molecule has 0 spiro atoms. The van der Waals surface area contributed by atoms with Gasteiger partial charge in [0.25, 0.3) is 0 Å². The highest BCUT2D eigenvalue weighted by molar-refractivity contribution is 6.32. The Bertz CT molecular complexity index is 385. The standard InChI is InChI=1S/C16H26ClNO2/c1-13(8-9-18-10-11-19-2)4-5-14-6-7-16(20-3)15(17)12-14/h6-7,12-13,18H,4-5,8-11H2,1-3H3. The van der Waals surface area contributed by atoms with E-state index >= 15 is 0 Å². The van der Waals surface area contributed by atoms with E-state index in [1.54, 1.807) is 14.2 Å². The van der Waals surface area contributed by atoms with E-state index in [1.807, 2.05) is 12.1 Å². The number of methoxy groups -OCH3 is 2. The molecule has 1 unspecified atom stereocenters. The van der Waals surface area contributed by atoms with Crippen molar-refractivity contribution in [3.63, 3.8) is 0 Å². The van der Waals surface area contributed by atoms with Crippen LogP contribution in [0.1, 0.15) is 25.3 Å². The van der Waals surface area contributed by atoms with E-state index < -0.39 is 0 Å². The molecule has 4 heteroatoms. The minimum absolute atomic E-state index is 0.693. The van der Waals surface area contributed by atoms with Gasteiger partial charge >= 0.3 is 0 Å². The Kier molecular flexibility index (Phi) is 8.67.